The molecule has 1 unspecified atom stereocenters. The Morgan fingerprint density at radius 2 is 2.10 bits per heavy atom. The number of carbonyl (C=O) groups is 1. The Morgan fingerprint density at radius 3 is 2.62 bits per heavy atom. The van der Waals surface area contributed by atoms with Crippen LogP contribution in [0.1, 0.15) is 13.8 Å². The Kier molecular flexibility index (Phi) is 6.47. The molecule has 0 fully saturated rings. The van der Waals surface area contributed by atoms with Crippen LogP contribution in [0.2, 0.25) is 0 Å². The molecular formula is C13H16BrF3N2O2. The van der Waals surface area contributed by atoms with Crippen LogP contribution in [-0.4, -0.2) is 25.4 Å². The monoisotopic (exact) mass is 368 g/mol. The Bertz CT molecular complexity index is 495. The molecule has 1 aromatic rings. The van der Waals surface area contributed by atoms with E-state index in [0.29, 0.717) is 12.2 Å². The minimum atomic E-state index is -4.76. The van der Waals surface area contributed by atoms with Gasteiger partial charge in [-0.15, -0.1) is 13.2 Å². The highest BCUT2D eigenvalue weighted by atomic mass is 79.9. The quantitative estimate of drug-likeness (QED) is 0.807. The minimum absolute atomic E-state index is 0.108. The largest absolute Gasteiger partial charge is 0.573 e. The Morgan fingerprint density at radius 1 is 1.43 bits per heavy atom. The zero-order valence-electron chi connectivity index (χ0n) is 11.6. The molecule has 0 heterocycles. The highest BCUT2D eigenvalue weighted by Gasteiger charge is 2.32. The van der Waals surface area contributed by atoms with Gasteiger partial charge in [-0.2, -0.15) is 0 Å². The summed E-state index contributed by atoms with van der Waals surface area (Å²) in [4.78, 5) is 11.9. The van der Waals surface area contributed by atoms with Crippen LogP contribution in [0, 0.1) is 5.92 Å². The van der Waals surface area contributed by atoms with Gasteiger partial charge in [-0.1, -0.05) is 13.8 Å². The molecule has 0 aliphatic rings. The molecule has 1 rings (SSSR count). The van der Waals surface area contributed by atoms with Crippen LogP contribution in [-0.2, 0) is 4.79 Å². The molecular weight excluding hydrogens is 353 g/mol. The number of amides is 1. The van der Waals surface area contributed by atoms with Gasteiger partial charge in [0.05, 0.1) is 4.47 Å². The Labute approximate surface area is 129 Å². The summed E-state index contributed by atoms with van der Waals surface area (Å²) in [7, 11) is 0. The van der Waals surface area contributed by atoms with Crippen molar-refractivity contribution in [3.63, 3.8) is 0 Å². The second kappa shape index (κ2) is 7.65. The molecule has 0 bridgehead atoms. The van der Waals surface area contributed by atoms with Crippen LogP contribution in [0.4, 0.5) is 18.9 Å². The number of nitrogens with one attached hydrogen (secondary N) is 2. The second-order valence-electron chi connectivity index (χ2n) is 4.39. The molecule has 1 aromatic carbocycles. The lowest BCUT2D eigenvalue weighted by molar-refractivity contribution is -0.274. The summed E-state index contributed by atoms with van der Waals surface area (Å²) >= 11 is 2.98. The van der Waals surface area contributed by atoms with E-state index < -0.39 is 6.36 Å². The van der Waals surface area contributed by atoms with Gasteiger partial charge in [-0.25, -0.2) is 0 Å². The molecule has 0 spiro atoms. The van der Waals surface area contributed by atoms with Crippen molar-refractivity contribution in [3.8, 4) is 5.75 Å². The summed E-state index contributed by atoms with van der Waals surface area (Å²) in [5.41, 5.74) is 0.393. The molecule has 0 aromatic heterocycles. The number of alkyl halides is 3. The first kappa shape index (κ1) is 17.8. The molecule has 21 heavy (non-hydrogen) atoms. The van der Waals surface area contributed by atoms with E-state index in [1.807, 2.05) is 6.92 Å². The molecule has 4 nitrogen and oxygen atoms in total. The number of rotatable bonds is 6. The fourth-order valence-electron chi connectivity index (χ4n) is 1.51. The summed E-state index contributed by atoms with van der Waals surface area (Å²) in [6.07, 6.45) is -4.76. The maximum absolute atomic E-state index is 12.1. The molecule has 8 heteroatoms. The van der Waals surface area contributed by atoms with E-state index in [2.05, 4.69) is 31.3 Å². The number of carbonyl (C=O) groups excluding carboxylic acids is 1. The van der Waals surface area contributed by atoms with E-state index in [1.165, 1.54) is 12.1 Å². The first-order valence-corrected chi connectivity index (χ1v) is 7.09. The van der Waals surface area contributed by atoms with Gasteiger partial charge in [-0.05, 0) is 40.7 Å². The molecule has 0 aliphatic carbocycles. The maximum atomic E-state index is 12.1. The highest BCUT2D eigenvalue weighted by Crippen LogP contribution is 2.32. The fourth-order valence-corrected chi connectivity index (χ4v) is 1.96. The van der Waals surface area contributed by atoms with Crippen molar-refractivity contribution in [1.82, 2.24) is 5.32 Å². The number of halogens is 4. The molecule has 0 saturated carbocycles. The normalized spacial score (nSPS) is 12.9. The smallest absolute Gasteiger partial charge is 0.405 e. The maximum Gasteiger partial charge on any atom is 0.573 e. The topological polar surface area (TPSA) is 50.4 Å². The van der Waals surface area contributed by atoms with Gasteiger partial charge in [0, 0.05) is 18.2 Å². The molecule has 0 radical (unpaired) electrons. The van der Waals surface area contributed by atoms with Gasteiger partial charge in [0.2, 0.25) is 5.91 Å². The summed E-state index contributed by atoms with van der Waals surface area (Å²) in [6, 6.07) is 3.85. The average Bonchev–Trinajstić information content (AvgIpc) is 2.37. The molecule has 1 amide bonds. The van der Waals surface area contributed by atoms with Gasteiger partial charge in [0.25, 0.3) is 0 Å². The summed E-state index contributed by atoms with van der Waals surface area (Å²) in [5.74, 6) is -0.830. The molecule has 0 saturated heterocycles. The molecule has 118 valence electrons. The third-order valence-corrected chi connectivity index (χ3v) is 3.19. The highest BCUT2D eigenvalue weighted by molar-refractivity contribution is 9.10. The zero-order chi connectivity index (χ0) is 16.0. The van der Waals surface area contributed by atoms with Crippen LogP contribution in [0.25, 0.3) is 0 Å². The van der Waals surface area contributed by atoms with Crippen LogP contribution in [0.5, 0.6) is 5.75 Å². The van der Waals surface area contributed by atoms with Crippen molar-refractivity contribution < 1.29 is 22.7 Å². The van der Waals surface area contributed by atoms with Crippen LogP contribution in [0.3, 0.4) is 0 Å². The van der Waals surface area contributed by atoms with E-state index in [1.54, 1.807) is 6.92 Å². The van der Waals surface area contributed by atoms with E-state index in [-0.39, 0.29) is 22.0 Å². The van der Waals surface area contributed by atoms with E-state index in [4.69, 9.17) is 0 Å². The molecule has 1 atom stereocenters. The second-order valence-corrected chi connectivity index (χ2v) is 5.25. The third-order valence-electron chi connectivity index (χ3n) is 2.57. The van der Waals surface area contributed by atoms with Crippen molar-refractivity contribution in [2.45, 2.75) is 20.2 Å². The van der Waals surface area contributed by atoms with Gasteiger partial charge >= 0.3 is 6.36 Å². The van der Waals surface area contributed by atoms with Gasteiger partial charge < -0.3 is 15.4 Å². The van der Waals surface area contributed by atoms with E-state index >= 15 is 0 Å². The van der Waals surface area contributed by atoms with E-state index in [9.17, 15) is 18.0 Å². The lowest BCUT2D eigenvalue weighted by Gasteiger charge is -2.14. The number of benzene rings is 1. The number of hydrogen-bond acceptors (Lipinski definition) is 3. The standard InChI is InChI=1S/C13H16BrF3N2O2/c1-3-18-7-8(2)12(20)19-9-4-5-11(10(14)6-9)21-13(15,16)17/h4-6,8,18H,3,7H2,1-2H3,(H,19,20). The third kappa shape index (κ3) is 6.34. The van der Waals surface area contributed by atoms with Crippen molar-refractivity contribution in [2.75, 3.05) is 18.4 Å². The van der Waals surface area contributed by atoms with Crippen LogP contribution >= 0.6 is 15.9 Å². The number of ether oxygens (including phenoxy) is 1. The lowest BCUT2D eigenvalue weighted by Crippen LogP contribution is -2.30. The predicted octanol–water partition coefficient (Wildman–Crippen LogP) is 3.53. The first-order chi connectivity index (χ1) is 9.73. The van der Waals surface area contributed by atoms with E-state index in [0.717, 1.165) is 12.6 Å². The molecule has 2 N–H and O–H groups in total. The van der Waals surface area contributed by atoms with Gasteiger partial charge in [-0.3, -0.25) is 4.79 Å². The average molecular weight is 369 g/mol. The SMILES string of the molecule is CCNCC(C)C(=O)Nc1ccc(OC(F)(F)F)c(Br)c1. The summed E-state index contributed by atoms with van der Waals surface area (Å²) < 4.78 is 40.3. The Hall–Kier alpha value is -1.28. The fraction of sp³-hybridized carbons (Fsp3) is 0.462. The van der Waals surface area contributed by atoms with Crippen LogP contribution in [0.15, 0.2) is 22.7 Å². The predicted molar refractivity (Wildman–Crippen MR) is 77.2 cm³/mol. The first-order valence-electron chi connectivity index (χ1n) is 6.29. The van der Waals surface area contributed by atoms with Crippen molar-refractivity contribution >= 4 is 27.5 Å². The molecule has 0 aliphatic heterocycles. The number of anilines is 1. The van der Waals surface area contributed by atoms with Gasteiger partial charge in [0.1, 0.15) is 5.75 Å². The summed E-state index contributed by atoms with van der Waals surface area (Å²) in [5, 5.41) is 5.68. The van der Waals surface area contributed by atoms with Crippen LogP contribution < -0.4 is 15.4 Å². The minimum Gasteiger partial charge on any atom is -0.405 e. The lowest BCUT2D eigenvalue weighted by atomic mass is 10.1. The van der Waals surface area contributed by atoms with Crippen molar-refractivity contribution in [2.24, 2.45) is 5.92 Å². The number of hydrogen-bond donors (Lipinski definition) is 2. The summed E-state index contributed by atoms with van der Waals surface area (Å²) in [6.45, 7) is 4.97. The Balaban J connectivity index is 2.69. The van der Waals surface area contributed by atoms with Crippen molar-refractivity contribution in [3.05, 3.63) is 22.7 Å². The zero-order valence-corrected chi connectivity index (χ0v) is 13.1. The van der Waals surface area contributed by atoms with Gasteiger partial charge in [0.15, 0.2) is 0 Å². The van der Waals surface area contributed by atoms with Crippen molar-refractivity contribution in [1.29, 1.82) is 0 Å².